The van der Waals surface area contributed by atoms with Crippen LogP contribution in [0.2, 0.25) is 0 Å². The molecule has 1 heterocycles. The Bertz CT molecular complexity index is 720. The molecule has 0 saturated heterocycles. The summed E-state index contributed by atoms with van der Waals surface area (Å²) in [6, 6.07) is 9.92. The summed E-state index contributed by atoms with van der Waals surface area (Å²) in [4.78, 5) is 28.9. The lowest BCUT2D eigenvalue weighted by Gasteiger charge is -2.06. The standard InChI is InChI=1S/C20H29N5O2S/c1-2-12-24-25-18(26)11-7-4-8-13-21-19(27)20-23-15-17(28-20)14-22-16-9-5-3-6-10-16/h3,5-6,9-10,15,22,24H,2,4,7-8,11-14H2,1H3,(H,21,27)(H,25,26). The van der Waals surface area contributed by atoms with Crippen LogP contribution in [0.1, 0.15) is 53.7 Å². The molecule has 7 nitrogen and oxygen atoms in total. The van der Waals surface area contributed by atoms with Crippen molar-refractivity contribution in [2.24, 2.45) is 0 Å². The van der Waals surface area contributed by atoms with Gasteiger partial charge < -0.3 is 10.6 Å². The van der Waals surface area contributed by atoms with Gasteiger partial charge in [0.2, 0.25) is 5.91 Å². The molecule has 0 aliphatic rings. The Balaban J connectivity index is 1.57. The number of hydrogen-bond acceptors (Lipinski definition) is 6. The van der Waals surface area contributed by atoms with Crippen LogP contribution in [0.4, 0.5) is 5.69 Å². The molecule has 4 N–H and O–H groups in total. The van der Waals surface area contributed by atoms with Crippen molar-refractivity contribution in [1.29, 1.82) is 0 Å². The minimum atomic E-state index is -0.141. The molecule has 0 atom stereocenters. The van der Waals surface area contributed by atoms with Gasteiger partial charge in [-0.25, -0.2) is 10.4 Å². The van der Waals surface area contributed by atoms with Crippen LogP contribution in [0, 0.1) is 0 Å². The predicted octanol–water partition coefficient (Wildman–Crippen LogP) is 3.08. The van der Waals surface area contributed by atoms with Crippen LogP contribution < -0.4 is 21.5 Å². The van der Waals surface area contributed by atoms with E-state index in [9.17, 15) is 9.59 Å². The fraction of sp³-hybridized carbons (Fsp3) is 0.450. The van der Waals surface area contributed by atoms with Gasteiger partial charge in [0.25, 0.3) is 5.91 Å². The molecule has 0 radical (unpaired) electrons. The fourth-order valence-electron chi connectivity index (χ4n) is 2.45. The van der Waals surface area contributed by atoms with E-state index in [-0.39, 0.29) is 11.8 Å². The SMILES string of the molecule is CCCNNC(=O)CCCCCNC(=O)c1ncc(CNc2ccccc2)s1. The number of benzene rings is 1. The van der Waals surface area contributed by atoms with Gasteiger partial charge in [-0.3, -0.25) is 15.0 Å². The number of nitrogens with zero attached hydrogens (tertiary/aromatic N) is 1. The summed E-state index contributed by atoms with van der Waals surface area (Å²) in [5.74, 6) is -0.130. The zero-order valence-corrected chi connectivity index (χ0v) is 17.1. The van der Waals surface area contributed by atoms with Crippen molar-refractivity contribution in [3.8, 4) is 0 Å². The Morgan fingerprint density at radius 1 is 1.07 bits per heavy atom. The van der Waals surface area contributed by atoms with E-state index in [2.05, 4.69) is 26.5 Å². The van der Waals surface area contributed by atoms with Gasteiger partial charge >= 0.3 is 0 Å². The largest absolute Gasteiger partial charge is 0.380 e. The van der Waals surface area contributed by atoms with Crippen molar-refractivity contribution >= 4 is 28.8 Å². The van der Waals surface area contributed by atoms with Gasteiger partial charge in [0, 0.05) is 36.3 Å². The second kappa shape index (κ2) is 12.9. The van der Waals surface area contributed by atoms with E-state index < -0.39 is 0 Å². The average Bonchev–Trinajstić information content (AvgIpc) is 3.19. The number of carbonyl (C=O) groups excluding carboxylic acids is 2. The molecule has 0 aliphatic heterocycles. The summed E-state index contributed by atoms with van der Waals surface area (Å²) >= 11 is 1.40. The Morgan fingerprint density at radius 3 is 2.68 bits per heavy atom. The second-order valence-electron chi connectivity index (χ2n) is 6.39. The first-order valence-corrected chi connectivity index (χ1v) is 10.5. The van der Waals surface area contributed by atoms with Crippen LogP contribution in [0.5, 0.6) is 0 Å². The lowest BCUT2D eigenvalue weighted by molar-refractivity contribution is -0.122. The van der Waals surface area contributed by atoms with Gasteiger partial charge in [-0.2, -0.15) is 0 Å². The Morgan fingerprint density at radius 2 is 1.89 bits per heavy atom. The Hall–Kier alpha value is -2.45. The molecule has 0 saturated carbocycles. The molecule has 28 heavy (non-hydrogen) atoms. The second-order valence-corrected chi connectivity index (χ2v) is 7.51. The number of anilines is 1. The quantitative estimate of drug-likeness (QED) is 0.305. The van der Waals surface area contributed by atoms with Gasteiger partial charge in [0.15, 0.2) is 5.01 Å². The van der Waals surface area contributed by atoms with Crippen LogP contribution in [-0.4, -0.2) is 29.9 Å². The van der Waals surface area contributed by atoms with E-state index >= 15 is 0 Å². The minimum Gasteiger partial charge on any atom is -0.380 e. The lowest BCUT2D eigenvalue weighted by Crippen LogP contribution is -2.37. The Kier molecular flexibility index (Phi) is 10.0. The topological polar surface area (TPSA) is 95.1 Å². The van der Waals surface area contributed by atoms with Crippen molar-refractivity contribution in [2.45, 2.75) is 45.6 Å². The molecule has 0 bridgehead atoms. The summed E-state index contributed by atoms with van der Waals surface area (Å²) in [7, 11) is 0. The van der Waals surface area contributed by atoms with Crippen LogP contribution in [0.25, 0.3) is 0 Å². The number of amides is 2. The molecule has 0 aliphatic carbocycles. The number of aromatic nitrogens is 1. The highest BCUT2D eigenvalue weighted by Crippen LogP contribution is 2.15. The van der Waals surface area contributed by atoms with Gasteiger partial charge in [0.1, 0.15) is 0 Å². The number of rotatable bonds is 13. The number of carbonyl (C=O) groups is 2. The van der Waals surface area contributed by atoms with Gasteiger partial charge in [-0.1, -0.05) is 31.5 Å². The third-order valence-electron chi connectivity index (χ3n) is 3.96. The molecule has 0 fully saturated rings. The molecular weight excluding hydrogens is 374 g/mol. The zero-order valence-electron chi connectivity index (χ0n) is 16.3. The van der Waals surface area contributed by atoms with Crippen LogP contribution in [0.3, 0.4) is 0 Å². The van der Waals surface area contributed by atoms with Gasteiger partial charge in [-0.15, -0.1) is 11.3 Å². The monoisotopic (exact) mass is 403 g/mol. The van der Waals surface area contributed by atoms with E-state index in [0.717, 1.165) is 42.8 Å². The zero-order chi connectivity index (χ0) is 20.0. The summed E-state index contributed by atoms with van der Waals surface area (Å²) < 4.78 is 0. The molecule has 152 valence electrons. The van der Waals surface area contributed by atoms with Gasteiger partial charge in [-0.05, 0) is 31.4 Å². The van der Waals surface area contributed by atoms with E-state index in [1.54, 1.807) is 6.20 Å². The fourth-order valence-corrected chi connectivity index (χ4v) is 3.22. The van der Waals surface area contributed by atoms with E-state index in [0.29, 0.717) is 24.5 Å². The van der Waals surface area contributed by atoms with Crippen molar-refractivity contribution in [1.82, 2.24) is 21.2 Å². The summed E-state index contributed by atoms with van der Waals surface area (Å²) in [5.41, 5.74) is 6.58. The predicted molar refractivity (Wildman–Crippen MR) is 113 cm³/mol. The smallest absolute Gasteiger partial charge is 0.280 e. The van der Waals surface area contributed by atoms with Gasteiger partial charge in [0.05, 0.1) is 6.54 Å². The first-order valence-electron chi connectivity index (χ1n) is 9.72. The number of hydrazine groups is 1. The molecule has 1 aromatic carbocycles. The third kappa shape index (κ3) is 8.49. The van der Waals surface area contributed by atoms with Crippen LogP contribution in [0.15, 0.2) is 36.5 Å². The summed E-state index contributed by atoms with van der Waals surface area (Å²) in [6.07, 6.45) is 5.75. The maximum Gasteiger partial charge on any atom is 0.280 e. The van der Waals surface area contributed by atoms with E-state index in [1.165, 1.54) is 11.3 Å². The van der Waals surface area contributed by atoms with Crippen molar-refractivity contribution in [2.75, 3.05) is 18.4 Å². The molecule has 0 unspecified atom stereocenters. The molecular formula is C20H29N5O2S. The average molecular weight is 404 g/mol. The highest BCUT2D eigenvalue weighted by atomic mass is 32.1. The van der Waals surface area contributed by atoms with Crippen LogP contribution in [-0.2, 0) is 11.3 Å². The summed E-state index contributed by atoms with van der Waals surface area (Å²) in [6.45, 7) is 4.05. The summed E-state index contributed by atoms with van der Waals surface area (Å²) in [5, 5.41) is 6.68. The molecule has 1 aromatic heterocycles. The normalized spacial score (nSPS) is 10.5. The Labute approximate surface area is 170 Å². The van der Waals surface area contributed by atoms with Crippen molar-refractivity contribution in [3.05, 3.63) is 46.4 Å². The molecule has 8 heteroatoms. The highest BCUT2D eigenvalue weighted by molar-refractivity contribution is 7.13. The van der Waals surface area contributed by atoms with E-state index in [4.69, 9.17) is 0 Å². The molecule has 0 spiro atoms. The first kappa shape index (κ1) is 21.8. The maximum absolute atomic E-state index is 12.2. The number of hydrogen-bond donors (Lipinski definition) is 4. The number of para-hydroxylation sites is 1. The third-order valence-corrected chi connectivity index (χ3v) is 4.95. The molecule has 2 rings (SSSR count). The van der Waals surface area contributed by atoms with Crippen molar-refractivity contribution < 1.29 is 9.59 Å². The highest BCUT2D eigenvalue weighted by Gasteiger charge is 2.10. The van der Waals surface area contributed by atoms with E-state index in [1.807, 2.05) is 37.3 Å². The maximum atomic E-state index is 12.2. The molecule has 2 aromatic rings. The lowest BCUT2D eigenvalue weighted by atomic mass is 10.2. The first-order chi connectivity index (χ1) is 13.7. The minimum absolute atomic E-state index is 0.0110. The molecule has 2 amide bonds. The van der Waals surface area contributed by atoms with Crippen molar-refractivity contribution in [3.63, 3.8) is 0 Å². The number of unbranched alkanes of at least 4 members (excludes halogenated alkanes) is 2. The number of nitrogens with one attached hydrogen (secondary N) is 4. The van der Waals surface area contributed by atoms with Crippen LogP contribution >= 0.6 is 11.3 Å². The number of thiazole rings is 1.